The molecule has 1 amide bonds. The molecule has 0 bridgehead atoms. The molecule has 180 valence electrons. The van der Waals surface area contributed by atoms with E-state index in [2.05, 4.69) is 10.3 Å². The Balaban J connectivity index is 1.47. The topological polar surface area (TPSA) is 88.6 Å². The number of rotatable bonds is 9. The third-order valence-corrected chi connectivity index (χ3v) is 8.41. The zero-order valence-corrected chi connectivity index (χ0v) is 20.8. The molecule has 0 spiro atoms. The molecule has 0 unspecified atom stereocenters. The fourth-order valence-electron chi connectivity index (χ4n) is 3.94. The number of hydrogen-bond donors (Lipinski definition) is 1. The van der Waals surface area contributed by atoms with Gasteiger partial charge in [-0.2, -0.15) is 4.31 Å². The van der Waals surface area contributed by atoms with Crippen LogP contribution >= 0.6 is 11.3 Å². The Bertz CT molecular complexity index is 1220. The molecular weight excluding hydrogens is 470 g/mol. The Kier molecular flexibility index (Phi) is 7.97. The van der Waals surface area contributed by atoms with Crippen LogP contribution in [0, 0.1) is 0 Å². The van der Waals surface area contributed by atoms with Crippen LogP contribution in [0.15, 0.2) is 58.8 Å². The van der Waals surface area contributed by atoms with Crippen molar-refractivity contribution in [2.24, 2.45) is 0 Å². The Morgan fingerprint density at radius 2 is 1.88 bits per heavy atom. The van der Waals surface area contributed by atoms with Crippen molar-refractivity contribution in [2.75, 3.05) is 25.0 Å². The maximum atomic E-state index is 13.1. The summed E-state index contributed by atoms with van der Waals surface area (Å²) in [5.74, 6) is 0.168. The standard InChI is InChI=1S/C25H29N3O4S2/c1-2-32-23-12-11-21(34(30,31)28-13-7-4-8-14-28)17-22(23)27-24(29)16-20-18-33-25(26-20)15-19-9-5-3-6-10-19/h3,5-6,9-12,17-18H,2,4,7-8,13-16H2,1H3,(H,27,29). The number of aromatic nitrogens is 1. The van der Waals surface area contributed by atoms with E-state index < -0.39 is 10.0 Å². The van der Waals surface area contributed by atoms with Gasteiger partial charge in [-0.3, -0.25) is 4.79 Å². The number of carbonyl (C=O) groups excluding carboxylic acids is 1. The monoisotopic (exact) mass is 499 g/mol. The second-order valence-electron chi connectivity index (χ2n) is 8.18. The molecule has 1 aliphatic heterocycles. The molecule has 1 N–H and O–H groups in total. The number of hydrogen-bond acceptors (Lipinski definition) is 6. The number of ether oxygens (including phenoxy) is 1. The molecule has 4 rings (SSSR count). The fraction of sp³-hybridized carbons (Fsp3) is 0.360. The van der Waals surface area contributed by atoms with Crippen LogP contribution in [0.1, 0.15) is 42.5 Å². The molecule has 1 saturated heterocycles. The number of carbonyl (C=O) groups is 1. The molecule has 34 heavy (non-hydrogen) atoms. The predicted octanol–water partition coefficient (Wildman–Crippen LogP) is 4.49. The van der Waals surface area contributed by atoms with Crippen molar-refractivity contribution in [3.63, 3.8) is 0 Å². The van der Waals surface area contributed by atoms with Crippen LogP contribution in [0.3, 0.4) is 0 Å². The summed E-state index contributed by atoms with van der Waals surface area (Å²) >= 11 is 1.52. The van der Waals surface area contributed by atoms with E-state index in [0.29, 0.717) is 36.8 Å². The average Bonchev–Trinajstić information content (AvgIpc) is 3.27. The molecule has 7 nitrogen and oxygen atoms in total. The SMILES string of the molecule is CCOc1ccc(S(=O)(=O)N2CCCCC2)cc1NC(=O)Cc1csc(Cc2ccccc2)n1. The first-order valence-corrected chi connectivity index (χ1v) is 13.8. The van der Waals surface area contributed by atoms with Gasteiger partial charge in [0.2, 0.25) is 15.9 Å². The first-order valence-electron chi connectivity index (χ1n) is 11.5. The van der Waals surface area contributed by atoms with Gasteiger partial charge >= 0.3 is 0 Å². The van der Waals surface area contributed by atoms with E-state index in [0.717, 1.165) is 30.7 Å². The number of piperidine rings is 1. The van der Waals surface area contributed by atoms with Crippen molar-refractivity contribution in [3.8, 4) is 5.75 Å². The van der Waals surface area contributed by atoms with Gasteiger partial charge in [0.25, 0.3) is 0 Å². The number of amides is 1. The summed E-state index contributed by atoms with van der Waals surface area (Å²) in [6.45, 7) is 3.28. The van der Waals surface area contributed by atoms with Crippen molar-refractivity contribution in [1.82, 2.24) is 9.29 Å². The normalized spacial score (nSPS) is 14.6. The third-order valence-electron chi connectivity index (χ3n) is 5.62. The zero-order chi connectivity index (χ0) is 24.0. The van der Waals surface area contributed by atoms with Crippen LogP contribution in [0.5, 0.6) is 5.75 Å². The highest BCUT2D eigenvalue weighted by molar-refractivity contribution is 7.89. The predicted molar refractivity (Wildman–Crippen MR) is 134 cm³/mol. The van der Waals surface area contributed by atoms with Crippen LogP contribution in [0.2, 0.25) is 0 Å². The Morgan fingerprint density at radius 1 is 1.12 bits per heavy atom. The van der Waals surface area contributed by atoms with E-state index in [1.54, 1.807) is 12.1 Å². The second-order valence-corrected chi connectivity index (χ2v) is 11.1. The molecule has 9 heteroatoms. The summed E-state index contributed by atoms with van der Waals surface area (Å²) in [4.78, 5) is 17.6. The van der Waals surface area contributed by atoms with Gasteiger partial charge in [0.05, 0.1) is 34.3 Å². The van der Waals surface area contributed by atoms with Gasteiger partial charge in [0, 0.05) is 24.9 Å². The lowest BCUT2D eigenvalue weighted by atomic mass is 10.2. The number of thiazole rings is 1. The van der Waals surface area contributed by atoms with Crippen LogP contribution in [-0.2, 0) is 27.7 Å². The third kappa shape index (κ3) is 6.02. The molecule has 2 aromatic carbocycles. The van der Waals surface area contributed by atoms with Crippen molar-refractivity contribution >= 4 is 33.0 Å². The minimum absolute atomic E-state index is 0.0972. The van der Waals surface area contributed by atoms with E-state index in [4.69, 9.17) is 4.74 Å². The summed E-state index contributed by atoms with van der Waals surface area (Å²) < 4.78 is 33.4. The smallest absolute Gasteiger partial charge is 0.243 e. The highest BCUT2D eigenvalue weighted by Crippen LogP contribution is 2.30. The van der Waals surface area contributed by atoms with Crippen LogP contribution in [0.4, 0.5) is 5.69 Å². The summed E-state index contributed by atoms with van der Waals surface area (Å²) in [6.07, 6.45) is 3.58. The lowest BCUT2D eigenvalue weighted by molar-refractivity contribution is -0.115. The Morgan fingerprint density at radius 3 is 2.62 bits per heavy atom. The highest BCUT2D eigenvalue weighted by Gasteiger charge is 2.27. The number of anilines is 1. The van der Waals surface area contributed by atoms with Crippen LogP contribution < -0.4 is 10.1 Å². The summed E-state index contributed by atoms with van der Waals surface area (Å²) in [5.41, 5.74) is 2.20. The molecule has 0 aliphatic carbocycles. The number of benzene rings is 2. The lowest BCUT2D eigenvalue weighted by Crippen LogP contribution is -2.35. The first kappa shape index (κ1) is 24.4. The second kappa shape index (κ2) is 11.1. The molecule has 1 aromatic heterocycles. The summed E-state index contributed by atoms with van der Waals surface area (Å²) in [6, 6.07) is 14.7. The van der Waals surface area contributed by atoms with E-state index in [1.165, 1.54) is 27.3 Å². The molecule has 1 fully saturated rings. The quantitative estimate of drug-likeness (QED) is 0.469. The maximum Gasteiger partial charge on any atom is 0.243 e. The minimum atomic E-state index is -3.62. The molecule has 0 radical (unpaired) electrons. The average molecular weight is 500 g/mol. The van der Waals surface area contributed by atoms with Gasteiger partial charge in [-0.05, 0) is 43.5 Å². The molecule has 0 saturated carbocycles. The Labute approximate surface area is 204 Å². The Hall–Kier alpha value is -2.75. The van der Waals surface area contributed by atoms with E-state index >= 15 is 0 Å². The first-order chi connectivity index (χ1) is 16.5. The number of nitrogens with one attached hydrogen (secondary N) is 1. The molecule has 1 aliphatic rings. The van der Waals surface area contributed by atoms with Crippen molar-refractivity contribution in [1.29, 1.82) is 0 Å². The van der Waals surface area contributed by atoms with Gasteiger partial charge in [-0.1, -0.05) is 36.8 Å². The summed E-state index contributed by atoms with van der Waals surface area (Å²) in [7, 11) is -3.62. The van der Waals surface area contributed by atoms with E-state index in [9.17, 15) is 13.2 Å². The molecular formula is C25H29N3O4S2. The highest BCUT2D eigenvalue weighted by atomic mass is 32.2. The maximum absolute atomic E-state index is 13.1. The van der Waals surface area contributed by atoms with E-state index in [1.807, 2.05) is 42.6 Å². The summed E-state index contributed by atoms with van der Waals surface area (Å²) in [5, 5.41) is 5.67. The minimum Gasteiger partial charge on any atom is -0.492 e. The number of sulfonamides is 1. The molecule has 3 aromatic rings. The van der Waals surface area contributed by atoms with Crippen molar-refractivity contribution in [2.45, 2.75) is 43.9 Å². The van der Waals surface area contributed by atoms with Gasteiger partial charge in [-0.15, -0.1) is 11.3 Å². The molecule has 2 heterocycles. The van der Waals surface area contributed by atoms with Gasteiger partial charge in [0.15, 0.2) is 0 Å². The number of nitrogens with zero attached hydrogens (tertiary/aromatic N) is 2. The fourth-order valence-corrected chi connectivity index (χ4v) is 6.32. The lowest BCUT2D eigenvalue weighted by Gasteiger charge is -2.26. The van der Waals surface area contributed by atoms with Gasteiger partial charge in [-0.25, -0.2) is 13.4 Å². The van der Waals surface area contributed by atoms with Crippen molar-refractivity contribution in [3.05, 3.63) is 70.2 Å². The zero-order valence-electron chi connectivity index (χ0n) is 19.2. The van der Waals surface area contributed by atoms with Gasteiger partial charge in [0.1, 0.15) is 5.75 Å². The van der Waals surface area contributed by atoms with Crippen LogP contribution in [-0.4, -0.2) is 43.3 Å². The molecule has 0 atom stereocenters. The van der Waals surface area contributed by atoms with Crippen molar-refractivity contribution < 1.29 is 17.9 Å². The van der Waals surface area contributed by atoms with Crippen LogP contribution in [0.25, 0.3) is 0 Å². The van der Waals surface area contributed by atoms with Gasteiger partial charge < -0.3 is 10.1 Å². The van der Waals surface area contributed by atoms with E-state index in [-0.39, 0.29) is 17.2 Å². The largest absolute Gasteiger partial charge is 0.492 e.